The summed E-state index contributed by atoms with van der Waals surface area (Å²) in [5.41, 5.74) is 2.88. The van der Waals surface area contributed by atoms with Crippen molar-refractivity contribution in [2.24, 2.45) is 0 Å². The highest BCUT2D eigenvalue weighted by molar-refractivity contribution is 5.89. The van der Waals surface area contributed by atoms with E-state index in [0.29, 0.717) is 5.76 Å². The smallest absolute Gasteiger partial charge is 0.184 e. The molecule has 3 aromatic rings. The van der Waals surface area contributed by atoms with Gasteiger partial charge in [0.15, 0.2) is 5.90 Å². The van der Waals surface area contributed by atoms with E-state index >= 15 is 0 Å². The summed E-state index contributed by atoms with van der Waals surface area (Å²) in [4.78, 5) is 13.9. The molecule has 170 valence electrons. The molecule has 3 heterocycles. The van der Waals surface area contributed by atoms with Crippen molar-refractivity contribution in [3.8, 4) is 0 Å². The van der Waals surface area contributed by atoms with Gasteiger partial charge in [-0.05, 0) is 43.6 Å². The minimum absolute atomic E-state index is 0.114. The number of aromatic nitrogens is 2. The lowest BCUT2D eigenvalue weighted by Crippen LogP contribution is -2.44. The number of allylic oxidation sites excluding steroid dienone is 1. The van der Waals surface area contributed by atoms with Gasteiger partial charge in [-0.2, -0.15) is 0 Å². The first-order valence-electron chi connectivity index (χ1n) is 11.1. The number of piperazine rings is 1. The minimum atomic E-state index is 0.114. The molecule has 0 amide bonds. The molecule has 33 heavy (non-hydrogen) atoms. The van der Waals surface area contributed by atoms with E-state index in [2.05, 4.69) is 44.8 Å². The Balaban J connectivity index is 1.55. The van der Waals surface area contributed by atoms with Crippen LogP contribution in [0.2, 0.25) is 0 Å². The Morgan fingerprint density at radius 3 is 2.58 bits per heavy atom. The second-order valence-electron chi connectivity index (χ2n) is 8.23. The maximum absolute atomic E-state index is 7.52. The van der Waals surface area contributed by atoms with Gasteiger partial charge in [-0.15, -0.1) is 0 Å². The van der Waals surface area contributed by atoms with E-state index < -0.39 is 0 Å². The van der Waals surface area contributed by atoms with Gasteiger partial charge in [0.05, 0.1) is 0 Å². The van der Waals surface area contributed by atoms with E-state index in [9.17, 15) is 0 Å². The summed E-state index contributed by atoms with van der Waals surface area (Å²) in [6, 6.07) is 12.1. The Morgan fingerprint density at radius 2 is 1.85 bits per heavy atom. The van der Waals surface area contributed by atoms with Crippen LogP contribution < -0.4 is 10.2 Å². The van der Waals surface area contributed by atoms with E-state index in [0.717, 1.165) is 65.4 Å². The number of nitrogens with one attached hydrogen (secondary N) is 2. The lowest BCUT2D eigenvalue weighted by atomic mass is 10.1. The molecule has 4 rings (SSSR count). The fourth-order valence-corrected chi connectivity index (χ4v) is 3.87. The van der Waals surface area contributed by atoms with Crippen molar-refractivity contribution in [3.63, 3.8) is 0 Å². The quantitative estimate of drug-likeness (QED) is 0.323. The van der Waals surface area contributed by atoms with Gasteiger partial charge in [0.25, 0.3) is 0 Å². The van der Waals surface area contributed by atoms with Crippen LogP contribution in [0.15, 0.2) is 61.4 Å². The highest BCUT2D eigenvalue weighted by Gasteiger charge is 2.16. The molecular weight excluding hydrogens is 412 g/mol. The first kappa shape index (κ1) is 22.5. The lowest BCUT2D eigenvalue weighted by Gasteiger charge is -2.33. The summed E-state index contributed by atoms with van der Waals surface area (Å²) >= 11 is 0. The zero-order chi connectivity index (χ0) is 23.4. The van der Waals surface area contributed by atoms with Gasteiger partial charge in [-0.1, -0.05) is 24.8 Å². The van der Waals surface area contributed by atoms with Crippen molar-refractivity contribution in [3.05, 3.63) is 72.6 Å². The number of fused-ring (bicyclic) bond motifs is 1. The summed E-state index contributed by atoms with van der Waals surface area (Å²) < 4.78 is 5.36. The molecule has 1 aromatic carbocycles. The summed E-state index contributed by atoms with van der Waals surface area (Å²) in [6.07, 6.45) is 5.77. The Bertz CT molecular complexity index is 1210. The van der Waals surface area contributed by atoms with Gasteiger partial charge in [0.1, 0.15) is 17.4 Å². The average Bonchev–Trinajstić information content (AvgIpc) is 2.82. The van der Waals surface area contributed by atoms with Crippen LogP contribution in [-0.2, 0) is 4.74 Å². The van der Waals surface area contributed by atoms with Crippen molar-refractivity contribution in [2.75, 3.05) is 43.4 Å². The van der Waals surface area contributed by atoms with Gasteiger partial charge in [-0.25, -0.2) is 9.97 Å². The maximum Gasteiger partial charge on any atom is 0.184 e. The van der Waals surface area contributed by atoms with E-state index in [4.69, 9.17) is 10.1 Å². The zero-order valence-electron chi connectivity index (χ0n) is 19.4. The largest absolute Gasteiger partial charge is 0.444 e. The predicted octanol–water partition coefficient (Wildman–Crippen LogP) is 4.84. The van der Waals surface area contributed by atoms with Crippen molar-refractivity contribution in [1.29, 1.82) is 5.41 Å². The van der Waals surface area contributed by atoms with Crippen LogP contribution in [0, 0.1) is 5.41 Å². The fourth-order valence-electron chi connectivity index (χ4n) is 3.87. The first-order chi connectivity index (χ1) is 15.9. The molecule has 1 aliphatic rings. The summed E-state index contributed by atoms with van der Waals surface area (Å²) in [7, 11) is 2.15. The number of ether oxygens (including phenoxy) is 1. The van der Waals surface area contributed by atoms with Crippen molar-refractivity contribution in [1.82, 2.24) is 14.9 Å². The number of rotatable bonds is 6. The highest BCUT2D eigenvalue weighted by Crippen LogP contribution is 2.26. The third kappa shape index (κ3) is 5.38. The fraction of sp³-hybridized carbons (Fsp3) is 0.269. The molecule has 0 aliphatic carbocycles. The standard InChI is InChI=1S/C26H30N6O/c1-5-24(21-8-9-28-26(16-21)32-12-10-31(4)11-13-32)30-25-15-23-14-20(18(2)33-19(3)27)6-7-22(23)17-29-25/h5-9,14-17,27H,2,10-13H2,1,3-4H3,(H,29,30)/b24-5-,27-19?. The Labute approximate surface area is 194 Å². The molecule has 0 spiro atoms. The summed E-state index contributed by atoms with van der Waals surface area (Å²) in [6.45, 7) is 11.6. The Morgan fingerprint density at radius 1 is 1.06 bits per heavy atom. The molecule has 1 aliphatic heterocycles. The molecule has 2 aromatic heterocycles. The number of benzene rings is 1. The van der Waals surface area contributed by atoms with Gasteiger partial charge in [0, 0.05) is 67.7 Å². The zero-order valence-corrected chi connectivity index (χ0v) is 19.4. The van der Waals surface area contributed by atoms with Crippen LogP contribution in [-0.4, -0.2) is 54.0 Å². The first-order valence-corrected chi connectivity index (χ1v) is 11.1. The van der Waals surface area contributed by atoms with Gasteiger partial charge >= 0.3 is 0 Å². The van der Waals surface area contributed by atoms with Gasteiger partial charge in [-0.3, -0.25) is 5.41 Å². The summed E-state index contributed by atoms with van der Waals surface area (Å²) in [5, 5.41) is 13.0. The van der Waals surface area contributed by atoms with E-state index in [1.54, 1.807) is 6.92 Å². The van der Waals surface area contributed by atoms with Crippen LogP contribution in [0.4, 0.5) is 11.6 Å². The third-order valence-electron chi connectivity index (χ3n) is 5.76. The van der Waals surface area contributed by atoms with Crippen LogP contribution in [0.25, 0.3) is 22.2 Å². The molecule has 0 radical (unpaired) electrons. The predicted molar refractivity (Wildman–Crippen MR) is 136 cm³/mol. The monoisotopic (exact) mass is 442 g/mol. The molecule has 1 fully saturated rings. The van der Waals surface area contributed by atoms with Crippen molar-refractivity contribution >= 4 is 39.8 Å². The van der Waals surface area contributed by atoms with Gasteiger partial charge < -0.3 is 19.9 Å². The van der Waals surface area contributed by atoms with Crippen LogP contribution in [0.5, 0.6) is 0 Å². The van der Waals surface area contributed by atoms with Crippen LogP contribution >= 0.6 is 0 Å². The maximum atomic E-state index is 7.52. The number of pyridine rings is 2. The molecule has 2 N–H and O–H groups in total. The molecule has 7 nitrogen and oxygen atoms in total. The molecule has 0 atom stereocenters. The molecule has 0 saturated carbocycles. The molecular formula is C26H30N6O. The average molecular weight is 443 g/mol. The lowest BCUT2D eigenvalue weighted by molar-refractivity contribution is 0.312. The SMILES string of the molecule is C=C(OC(C)=N)c1ccc2cnc(N/C(=C\C)c3ccnc(N4CCN(C)CC4)c3)cc2c1. The van der Waals surface area contributed by atoms with Crippen molar-refractivity contribution in [2.45, 2.75) is 13.8 Å². The second-order valence-corrected chi connectivity index (χ2v) is 8.23. The van der Waals surface area contributed by atoms with Crippen molar-refractivity contribution < 1.29 is 4.74 Å². The normalized spacial score (nSPS) is 14.9. The Hall–Kier alpha value is -3.71. The number of anilines is 2. The van der Waals surface area contributed by atoms with E-state index in [1.165, 1.54) is 0 Å². The highest BCUT2D eigenvalue weighted by atomic mass is 16.5. The molecule has 1 saturated heterocycles. The minimum Gasteiger partial charge on any atom is -0.444 e. The number of nitrogens with zero attached hydrogens (tertiary/aromatic N) is 4. The topological polar surface area (TPSA) is 77.4 Å². The number of hydrogen-bond donors (Lipinski definition) is 2. The second kappa shape index (κ2) is 9.83. The number of hydrogen-bond acceptors (Lipinski definition) is 7. The molecule has 0 unspecified atom stereocenters. The number of likely N-dealkylation sites (N-methyl/N-ethyl adjacent to an activating group) is 1. The third-order valence-corrected chi connectivity index (χ3v) is 5.76. The molecule has 7 heteroatoms. The van der Waals surface area contributed by atoms with Crippen LogP contribution in [0.1, 0.15) is 25.0 Å². The van der Waals surface area contributed by atoms with E-state index in [-0.39, 0.29) is 5.90 Å². The summed E-state index contributed by atoms with van der Waals surface area (Å²) in [5.74, 6) is 2.32. The molecule has 0 bridgehead atoms. The van der Waals surface area contributed by atoms with Gasteiger partial charge in [0.2, 0.25) is 0 Å². The van der Waals surface area contributed by atoms with Crippen LogP contribution in [0.3, 0.4) is 0 Å². The van der Waals surface area contributed by atoms with E-state index in [1.807, 2.05) is 55.7 Å². The Kier molecular flexibility index (Phi) is 6.70.